The standard InChI is InChI=1S/C18H13Cl4N/c19-9-7-13-10-3-1-4-11(10)17(23-18(13)15(21)8-9)12-5-2-6-14(20)16(12)22/h1-3,5-8,10-11,17,23H,4H2/t10-,11-,17-/m1/s1. The Bertz CT molecular complexity index is 815. The molecule has 1 aliphatic carbocycles. The molecule has 3 atom stereocenters. The molecule has 0 fully saturated rings. The molecule has 1 N–H and O–H groups in total. The van der Waals surface area contributed by atoms with E-state index in [1.807, 2.05) is 18.2 Å². The second kappa shape index (κ2) is 5.89. The van der Waals surface area contributed by atoms with Crippen molar-refractivity contribution in [2.75, 3.05) is 5.32 Å². The molecule has 2 aliphatic rings. The molecule has 0 radical (unpaired) electrons. The van der Waals surface area contributed by atoms with Crippen molar-refractivity contribution < 1.29 is 0 Å². The smallest absolute Gasteiger partial charge is 0.0655 e. The van der Waals surface area contributed by atoms with E-state index in [0.29, 0.717) is 26.0 Å². The predicted octanol–water partition coefficient (Wildman–Crippen LogP) is 7.13. The number of anilines is 1. The summed E-state index contributed by atoms with van der Waals surface area (Å²) in [5.74, 6) is 0.649. The highest BCUT2D eigenvalue weighted by atomic mass is 35.5. The second-order valence-corrected chi connectivity index (χ2v) is 7.60. The molecule has 0 unspecified atom stereocenters. The van der Waals surface area contributed by atoms with Gasteiger partial charge in [0.05, 0.1) is 26.8 Å². The number of nitrogens with one attached hydrogen (secondary N) is 1. The summed E-state index contributed by atoms with van der Waals surface area (Å²) in [6, 6.07) is 9.59. The van der Waals surface area contributed by atoms with Crippen molar-refractivity contribution in [1.29, 1.82) is 0 Å². The molecule has 0 bridgehead atoms. The summed E-state index contributed by atoms with van der Waals surface area (Å²) in [5, 5.41) is 6.04. The fraction of sp³-hybridized carbons (Fsp3) is 0.222. The number of hydrogen-bond acceptors (Lipinski definition) is 1. The van der Waals surface area contributed by atoms with E-state index in [2.05, 4.69) is 17.5 Å². The van der Waals surface area contributed by atoms with E-state index in [0.717, 1.165) is 23.2 Å². The molecule has 2 aromatic rings. The molecular formula is C18H13Cl4N. The van der Waals surface area contributed by atoms with Gasteiger partial charge < -0.3 is 5.32 Å². The molecule has 0 aromatic heterocycles. The Morgan fingerprint density at radius 2 is 1.78 bits per heavy atom. The zero-order valence-corrected chi connectivity index (χ0v) is 15.0. The first-order valence-electron chi connectivity index (χ1n) is 7.42. The topological polar surface area (TPSA) is 12.0 Å². The van der Waals surface area contributed by atoms with E-state index in [9.17, 15) is 0 Å². The minimum absolute atomic E-state index is 0.0624. The number of hydrogen-bond donors (Lipinski definition) is 1. The molecule has 0 saturated heterocycles. The first-order chi connectivity index (χ1) is 11.1. The Morgan fingerprint density at radius 3 is 2.61 bits per heavy atom. The van der Waals surface area contributed by atoms with Gasteiger partial charge in [-0.3, -0.25) is 0 Å². The lowest BCUT2D eigenvalue weighted by atomic mass is 9.77. The maximum atomic E-state index is 6.46. The average molecular weight is 385 g/mol. The number of fused-ring (bicyclic) bond motifs is 3. The van der Waals surface area contributed by atoms with E-state index in [1.165, 1.54) is 0 Å². The van der Waals surface area contributed by atoms with E-state index < -0.39 is 0 Å². The summed E-state index contributed by atoms with van der Waals surface area (Å²) in [5.41, 5.74) is 3.09. The van der Waals surface area contributed by atoms with Crippen molar-refractivity contribution in [3.8, 4) is 0 Å². The van der Waals surface area contributed by atoms with Crippen LogP contribution in [0.2, 0.25) is 20.1 Å². The monoisotopic (exact) mass is 383 g/mol. The van der Waals surface area contributed by atoms with Crippen molar-refractivity contribution in [3.05, 3.63) is 73.7 Å². The summed E-state index contributed by atoms with van der Waals surface area (Å²) in [4.78, 5) is 0. The minimum Gasteiger partial charge on any atom is -0.376 e. The third-order valence-electron chi connectivity index (χ3n) is 4.70. The molecule has 0 saturated carbocycles. The molecule has 1 heterocycles. The molecule has 1 nitrogen and oxygen atoms in total. The van der Waals surface area contributed by atoms with Gasteiger partial charge in [-0.2, -0.15) is 0 Å². The lowest BCUT2D eigenvalue weighted by molar-refractivity contribution is 0.426. The number of halogens is 4. The van der Waals surface area contributed by atoms with Crippen molar-refractivity contribution >= 4 is 52.1 Å². The van der Waals surface area contributed by atoms with Crippen LogP contribution in [0.25, 0.3) is 0 Å². The van der Waals surface area contributed by atoms with Crippen LogP contribution in [0.15, 0.2) is 42.5 Å². The van der Waals surface area contributed by atoms with E-state index in [1.54, 1.807) is 12.1 Å². The fourth-order valence-electron chi connectivity index (χ4n) is 3.69. The van der Waals surface area contributed by atoms with Gasteiger partial charge in [-0.05, 0) is 41.7 Å². The number of rotatable bonds is 1. The first kappa shape index (κ1) is 15.7. The largest absolute Gasteiger partial charge is 0.376 e. The van der Waals surface area contributed by atoms with Crippen LogP contribution in [0.3, 0.4) is 0 Å². The van der Waals surface area contributed by atoms with Gasteiger partial charge in [0.15, 0.2) is 0 Å². The van der Waals surface area contributed by atoms with Gasteiger partial charge in [0.2, 0.25) is 0 Å². The molecule has 118 valence electrons. The van der Waals surface area contributed by atoms with Gasteiger partial charge in [-0.15, -0.1) is 0 Å². The highest BCUT2D eigenvalue weighted by molar-refractivity contribution is 6.42. The molecule has 0 amide bonds. The van der Waals surface area contributed by atoms with E-state index in [4.69, 9.17) is 46.4 Å². The molecule has 5 heteroatoms. The maximum Gasteiger partial charge on any atom is 0.0655 e. The Morgan fingerprint density at radius 1 is 0.957 bits per heavy atom. The molecule has 4 rings (SSSR count). The van der Waals surface area contributed by atoms with Crippen LogP contribution in [0.4, 0.5) is 5.69 Å². The molecule has 2 aromatic carbocycles. The van der Waals surface area contributed by atoms with Crippen LogP contribution in [-0.4, -0.2) is 0 Å². The Balaban J connectivity index is 1.86. The Labute approximate surface area is 155 Å². The minimum atomic E-state index is 0.0624. The highest BCUT2D eigenvalue weighted by Crippen LogP contribution is 2.53. The van der Waals surface area contributed by atoms with Crippen LogP contribution in [0.1, 0.15) is 29.5 Å². The molecule has 23 heavy (non-hydrogen) atoms. The van der Waals surface area contributed by atoms with Gasteiger partial charge in [-0.25, -0.2) is 0 Å². The maximum absolute atomic E-state index is 6.46. The quantitative estimate of drug-likeness (QED) is 0.515. The summed E-state index contributed by atoms with van der Waals surface area (Å²) in [7, 11) is 0. The van der Waals surface area contributed by atoms with Gasteiger partial charge in [-0.1, -0.05) is 70.7 Å². The second-order valence-electron chi connectivity index (χ2n) is 5.97. The first-order valence-corrected chi connectivity index (χ1v) is 8.93. The summed E-state index contributed by atoms with van der Waals surface area (Å²) in [6.07, 6.45) is 5.43. The van der Waals surface area contributed by atoms with Gasteiger partial charge in [0, 0.05) is 10.9 Å². The van der Waals surface area contributed by atoms with Crippen molar-refractivity contribution in [2.45, 2.75) is 18.4 Å². The van der Waals surface area contributed by atoms with Gasteiger partial charge in [0.1, 0.15) is 0 Å². The normalized spacial score (nSPS) is 25.0. The zero-order chi connectivity index (χ0) is 16.1. The molecular weight excluding hydrogens is 372 g/mol. The number of allylic oxidation sites excluding steroid dienone is 2. The SMILES string of the molecule is Clc1cc(Cl)c2c(c1)[C@@H]1C=CC[C@H]1[C@H](c1cccc(Cl)c1Cl)N2. The van der Waals surface area contributed by atoms with Crippen LogP contribution in [0, 0.1) is 5.92 Å². The van der Waals surface area contributed by atoms with Crippen LogP contribution < -0.4 is 5.32 Å². The van der Waals surface area contributed by atoms with Crippen molar-refractivity contribution in [2.24, 2.45) is 5.92 Å². The predicted molar refractivity (Wildman–Crippen MR) is 99.3 cm³/mol. The lowest BCUT2D eigenvalue weighted by Gasteiger charge is -2.38. The number of benzene rings is 2. The fourth-order valence-corrected chi connectivity index (χ4v) is 4.68. The van der Waals surface area contributed by atoms with Gasteiger partial charge in [0.25, 0.3) is 0 Å². The van der Waals surface area contributed by atoms with E-state index >= 15 is 0 Å². The zero-order valence-electron chi connectivity index (χ0n) is 12.0. The Kier molecular flexibility index (Phi) is 4.01. The van der Waals surface area contributed by atoms with E-state index in [-0.39, 0.29) is 12.0 Å². The summed E-state index contributed by atoms with van der Waals surface area (Å²) < 4.78 is 0. The van der Waals surface area contributed by atoms with Crippen LogP contribution in [-0.2, 0) is 0 Å². The lowest BCUT2D eigenvalue weighted by Crippen LogP contribution is -2.29. The van der Waals surface area contributed by atoms with Crippen LogP contribution >= 0.6 is 46.4 Å². The molecule has 1 aliphatic heterocycles. The molecule has 0 spiro atoms. The van der Waals surface area contributed by atoms with Crippen molar-refractivity contribution in [1.82, 2.24) is 0 Å². The average Bonchev–Trinajstić information content (AvgIpc) is 3.00. The third kappa shape index (κ3) is 2.55. The van der Waals surface area contributed by atoms with Crippen molar-refractivity contribution in [3.63, 3.8) is 0 Å². The Hall–Kier alpha value is -0.860. The summed E-state index contributed by atoms with van der Waals surface area (Å²) in [6.45, 7) is 0. The van der Waals surface area contributed by atoms with Crippen LogP contribution in [0.5, 0.6) is 0 Å². The highest BCUT2D eigenvalue weighted by Gasteiger charge is 2.39. The van der Waals surface area contributed by atoms with Gasteiger partial charge >= 0.3 is 0 Å². The summed E-state index contributed by atoms with van der Waals surface area (Å²) >= 11 is 25.3. The third-order valence-corrected chi connectivity index (χ3v) is 6.05.